The van der Waals surface area contributed by atoms with E-state index < -0.39 is 0 Å². The summed E-state index contributed by atoms with van der Waals surface area (Å²) >= 11 is 0. The van der Waals surface area contributed by atoms with Gasteiger partial charge in [-0.1, -0.05) is 68.0 Å². The summed E-state index contributed by atoms with van der Waals surface area (Å²) in [4.78, 5) is 0. The van der Waals surface area contributed by atoms with E-state index in [0.29, 0.717) is 5.92 Å². The van der Waals surface area contributed by atoms with Crippen LogP contribution in [0.2, 0.25) is 0 Å². The van der Waals surface area contributed by atoms with Crippen molar-refractivity contribution < 1.29 is 0 Å². The fourth-order valence-electron chi connectivity index (χ4n) is 7.72. The predicted octanol–water partition coefficient (Wildman–Crippen LogP) is 8.27. The molecule has 1 unspecified atom stereocenters. The van der Waals surface area contributed by atoms with Gasteiger partial charge < -0.3 is 0 Å². The molecule has 156 valence electrons. The Hall–Kier alpha value is -1.82. The molecule has 2 aromatic rings. The van der Waals surface area contributed by atoms with Crippen LogP contribution >= 0.6 is 0 Å². The Bertz CT molecular complexity index is 932. The first kappa shape index (κ1) is 18.9. The van der Waals surface area contributed by atoms with Gasteiger partial charge in [-0.2, -0.15) is 0 Å². The first-order valence-electron chi connectivity index (χ1n) is 12.6. The summed E-state index contributed by atoms with van der Waals surface area (Å²) in [6.07, 6.45) is 14.1. The first-order chi connectivity index (χ1) is 14.7. The van der Waals surface area contributed by atoms with Crippen molar-refractivity contribution in [3.8, 4) is 11.1 Å². The van der Waals surface area contributed by atoms with E-state index >= 15 is 0 Å². The molecule has 0 heterocycles. The Labute approximate surface area is 182 Å². The fourth-order valence-corrected chi connectivity index (χ4v) is 7.72. The zero-order valence-corrected chi connectivity index (χ0v) is 18.7. The second-order valence-electron chi connectivity index (χ2n) is 11.1. The standard InChI is InChI=1S/C30H36/c1-3-19(2)23-7-9-24(10-8-23)28-6-4-5-25-12-22(18-30(25)28)17-29-26-13-20-11-21(15-26)16-27(29)14-20/h4-10,18-21,26-27,29H,3,11-17H2,1-2H3. The Morgan fingerprint density at radius 1 is 0.867 bits per heavy atom. The van der Waals surface area contributed by atoms with Crippen LogP contribution < -0.4 is 0 Å². The van der Waals surface area contributed by atoms with Crippen LogP contribution in [0.1, 0.15) is 81.4 Å². The van der Waals surface area contributed by atoms with Crippen LogP contribution in [0, 0.1) is 29.6 Å². The maximum atomic E-state index is 2.58. The quantitative estimate of drug-likeness (QED) is 0.477. The fraction of sp³-hybridized carbons (Fsp3) is 0.533. The number of benzene rings is 2. The zero-order valence-electron chi connectivity index (χ0n) is 18.7. The van der Waals surface area contributed by atoms with E-state index in [9.17, 15) is 0 Å². The Kier molecular flexibility index (Phi) is 4.66. The SMILES string of the molecule is CCC(C)c1ccc(-c2cccc3c2C=C(CC2C4CC5CC(C4)CC2C5)C3)cc1. The lowest BCUT2D eigenvalue weighted by Crippen LogP contribution is -2.45. The summed E-state index contributed by atoms with van der Waals surface area (Å²) in [5, 5.41) is 0. The van der Waals surface area contributed by atoms with Gasteiger partial charge in [0, 0.05) is 0 Å². The molecular weight excluding hydrogens is 360 g/mol. The molecule has 0 amide bonds. The van der Waals surface area contributed by atoms with Crippen LogP contribution in [0.5, 0.6) is 0 Å². The van der Waals surface area contributed by atoms with Crippen LogP contribution in [0.4, 0.5) is 0 Å². The highest BCUT2D eigenvalue weighted by Gasteiger charge is 2.48. The maximum Gasteiger partial charge on any atom is -0.00575 e. The van der Waals surface area contributed by atoms with Crippen molar-refractivity contribution in [2.75, 3.05) is 0 Å². The molecule has 4 fully saturated rings. The third-order valence-corrected chi connectivity index (χ3v) is 9.29. The predicted molar refractivity (Wildman–Crippen MR) is 127 cm³/mol. The van der Waals surface area contributed by atoms with E-state index in [-0.39, 0.29) is 0 Å². The van der Waals surface area contributed by atoms with Crippen molar-refractivity contribution in [1.82, 2.24) is 0 Å². The minimum atomic E-state index is 0.646. The summed E-state index contributed by atoms with van der Waals surface area (Å²) in [7, 11) is 0. The third-order valence-electron chi connectivity index (χ3n) is 9.29. The number of rotatable bonds is 5. The summed E-state index contributed by atoms with van der Waals surface area (Å²) in [6, 6.07) is 16.4. The van der Waals surface area contributed by atoms with Gasteiger partial charge in [0.2, 0.25) is 0 Å². The van der Waals surface area contributed by atoms with Gasteiger partial charge in [0.1, 0.15) is 0 Å². The van der Waals surface area contributed by atoms with Gasteiger partial charge in [-0.25, -0.2) is 0 Å². The van der Waals surface area contributed by atoms with Crippen molar-refractivity contribution in [1.29, 1.82) is 0 Å². The second kappa shape index (κ2) is 7.40. The highest BCUT2D eigenvalue weighted by molar-refractivity contribution is 5.80. The molecule has 0 saturated heterocycles. The third kappa shape index (κ3) is 3.19. The lowest BCUT2D eigenvalue weighted by atomic mass is 9.51. The molecule has 5 aliphatic carbocycles. The average Bonchev–Trinajstić information content (AvgIpc) is 3.18. The van der Waals surface area contributed by atoms with Crippen LogP contribution in [0.3, 0.4) is 0 Å². The van der Waals surface area contributed by atoms with E-state index in [1.54, 1.807) is 43.2 Å². The largest absolute Gasteiger partial charge is 0.0649 e. The zero-order chi connectivity index (χ0) is 20.2. The second-order valence-corrected chi connectivity index (χ2v) is 11.1. The molecule has 0 heteroatoms. The van der Waals surface area contributed by atoms with Gasteiger partial charge >= 0.3 is 0 Å². The number of fused-ring (bicyclic) bond motifs is 1. The summed E-state index contributed by atoms with van der Waals surface area (Å²) in [5.41, 5.74) is 9.05. The van der Waals surface area contributed by atoms with Crippen molar-refractivity contribution in [2.24, 2.45) is 29.6 Å². The number of hydrogen-bond donors (Lipinski definition) is 0. The molecule has 4 saturated carbocycles. The van der Waals surface area contributed by atoms with E-state index in [2.05, 4.69) is 62.4 Å². The normalized spacial score (nSPS) is 32.2. The lowest BCUT2D eigenvalue weighted by molar-refractivity contribution is -0.0360. The lowest BCUT2D eigenvalue weighted by Gasteiger charge is -2.54. The number of hydrogen-bond acceptors (Lipinski definition) is 0. The highest BCUT2D eigenvalue weighted by atomic mass is 14.5. The smallest absolute Gasteiger partial charge is 0.00575 e. The van der Waals surface area contributed by atoms with Crippen LogP contribution in [-0.2, 0) is 6.42 Å². The molecular formula is C30H36. The minimum absolute atomic E-state index is 0.646. The molecule has 7 rings (SSSR count). The van der Waals surface area contributed by atoms with Gasteiger partial charge in [-0.15, -0.1) is 0 Å². The van der Waals surface area contributed by atoms with E-state index in [4.69, 9.17) is 0 Å². The molecule has 0 N–H and O–H groups in total. The van der Waals surface area contributed by atoms with Gasteiger partial charge in [0.05, 0.1) is 0 Å². The van der Waals surface area contributed by atoms with Crippen LogP contribution in [0.25, 0.3) is 17.2 Å². The number of allylic oxidation sites excluding steroid dienone is 1. The first-order valence-corrected chi connectivity index (χ1v) is 12.6. The molecule has 1 atom stereocenters. The van der Waals surface area contributed by atoms with E-state index in [1.165, 1.54) is 41.5 Å². The van der Waals surface area contributed by atoms with E-state index in [0.717, 1.165) is 29.6 Å². The van der Waals surface area contributed by atoms with Crippen LogP contribution in [0.15, 0.2) is 48.0 Å². The van der Waals surface area contributed by atoms with Gasteiger partial charge in [0.25, 0.3) is 0 Å². The topological polar surface area (TPSA) is 0 Å². The van der Waals surface area contributed by atoms with Crippen molar-refractivity contribution in [3.63, 3.8) is 0 Å². The van der Waals surface area contributed by atoms with Gasteiger partial charge in [-0.05, 0) is 115 Å². The summed E-state index contributed by atoms with van der Waals surface area (Å²) in [6.45, 7) is 4.60. The van der Waals surface area contributed by atoms with Crippen LogP contribution in [-0.4, -0.2) is 0 Å². The van der Waals surface area contributed by atoms with Gasteiger partial charge in [-0.3, -0.25) is 0 Å². The monoisotopic (exact) mass is 396 g/mol. The molecule has 5 aliphatic rings. The van der Waals surface area contributed by atoms with Gasteiger partial charge in [0.15, 0.2) is 0 Å². The summed E-state index contributed by atoms with van der Waals surface area (Å²) < 4.78 is 0. The Balaban J connectivity index is 1.25. The van der Waals surface area contributed by atoms with Crippen molar-refractivity contribution in [3.05, 3.63) is 64.7 Å². The molecule has 30 heavy (non-hydrogen) atoms. The molecule has 4 bridgehead atoms. The van der Waals surface area contributed by atoms with E-state index in [1.807, 2.05) is 0 Å². The van der Waals surface area contributed by atoms with Crippen molar-refractivity contribution >= 4 is 6.08 Å². The van der Waals surface area contributed by atoms with Crippen molar-refractivity contribution in [2.45, 2.75) is 71.1 Å². The highest BCUT2D eigenvalue weighted by Crippen LogP contribution is 2.58. The molecule has 2 aromatic carbocycles. The molecule has 0 spiro atoms. The minimum Gasteiger partial charge on any atom is -0.0649 e. The average molecular weight is 397 g/mol. The molecule has 0 aliphatic heterocycles. The Morgan fingerprint density at radius 3 is 2.23 bits per heavy atom. The molecule has 0 nitrogen and oxygen atoms in total. The Morgan fingerprint density at radius 2 is 1.57 bits per heavy atom. The maximum absolute atomic E-state index is 2.58. The molecule has 0 radical (unpaired) electrons. The molecule has 0 aromatic heterocycles. The summed E-state index contributed by atoms with van der Waals surface area (Å²) in [5.74, 6) is 5.88.